The molecule has 0 aromatic heterocycles. The van der Waals surface area contributed by atoms with E-state index in [2.05, 4.69) is 11.4 Å². The predicted octanol–water partition coefficient (Wildman–Crippen LogP) is 4.00. The first-order valence-electron chi connectivity index (χ1n) is 8.01. The molecule has 1 amide bonds. The fraction of sp³-hybridized carbons (Fsp3) is 0.389. The molecule has 2 aromatic rings. The van der Waals surface area contributed by atoms with Crippen molar-refractivity contribution in [2.75, 3.05) is 19.8 Å². The lowest BCUT2D eigenvalue weighted by molar-refractivity contribution is -0.189. The summed E-state index contributed by atoms with van der Waals surface area (Å²) in [6.07, 6.45) is 0.102. The van der Waals surface area contributed by atoms with Gasteiger partial charge in [0.15, 0.2) is 6.29 Å². The number of halogens is 1. The molecule has 0 unspecified atom stereocenters. The van der Waals surface area contributed by atoms with Gasteiger partial charge in [-0.05, 0) is 34.9 Å². The number of fused-ring (bicyclic) bond motifs is 1. The maximum Gasteiger partial charge on any atom is 0.404 e. The van der Waals surface area contributed by atoms with Crippen molar-refractivity contribution in [3.63, 3.8) is 0 Å². The van der Waals surface area contributed by atoms with Crippen LogP contribution in [0, 0.1) is 0 Å². The third kappa shape index (κ3) is 4.17. The minimum absolute atomic E-state index is 0.184. The lowest BCUT2D eigenvalue weighted by Crippen LogP contribution is -2.32. The molecule has 0 saturated carbocycles. The molecular formula is C18H20ClNO4. The first-order chi connectivity index (χ1) is 11.6. The topological polar surface area (TPSA) is 67.8 Å². The van der Waals surface area contributed by atoms with Crippen molar-refractivity contribution in [3.8, 4) is 0 Å². The van der Waals surface area contributed by atoms with Crippen LogP contribution in [0.25, 0.3) is 10.8 Å². The maximum atomic E-state index is 10.4. The largest absolute Gasteiger partial charge is 0.465 e. The fourth-order valence-electron chi connectivity index (χ4n) is 2.99. The molecule has 1 saturated heterocycles. The molecule has 1 aliphatic heterocycles. The van der Waals surface area contributed by atoms with E-state index in [0.717, 1.165) is 10.4 Å². The van der Waals surface area contributed by atoms with Gasteiger partial charge in [-0.2, -0.15) is 0 Å². The van der Waals surface area contributed by atoms with Gasteiger partial charge in [-0.3, -0.25) is 0 Å². The van der Waals surface area contributed by atoms with Crippen molar-refractivity contribution >= 4 is 28.5 Å². The third-order valence-electron chi connectivity index (χ3n) is 4.18. The third-order valence-corrected chi connectivity index (χ3v) is 4.41. The number of nitrogens with one attached hydrogen (secondary N) is 1. The Morgan fingerprint density at radius 1 is 1.25 bits per heavy atom. The average molecular weight is 350 g/mol. The summed E-state index contributed by atoms with van der Waals surface area (Å²) in [6, 6.07) is 12.1. The average Bonchev–Trinajstić information content (AvgIpc) is 2.58. The molecule has 0 bridgehead atoms. The van der Waals surface area contributed by atoms with E-state index in [1.165, 1.54) is 10.9 Å². The zero-order valence-electron chi connectivity index (χ0n) is 13.2. The zero-order chi connectivity index (χ0) is 16.9. The highest BCUT2D eigenvalue weighted by molar-refractivity contribution is 6.31. The van der Waals surface area contributed by atoms with E-state index in [4.69, 9.17) is 26.2 Å². The highest BCUT2D eigenvalue weighted by Crippen LogP contribution is 2.31. The minimum Gasteiger partial charge on any atom is -0.465 e. The number of hydrogen-bond donors (Lipinski definition) is 2. The number of benzene rings is 2. The van der Waals surface area contributed by atoms with Crippen LogP contribution in [-0.2, 0) is 9.47 Å². The summed E-state index contributed by atoms with van der Waals surface area (Å²) in [6.45, 7) is 1.60. The van der Waals surface area contributed by atoms with Crippen molar-refractivity contribution in [2.24, 2.45) is 0 Å². The number of carbonyl (C=O) groups is 1. The second-order valence-corrected chi connectivity index (χ2v) is 6.32. The van der Waals surface area contributed by atoms with Gasteiger partial charge in [0.05, 0.1) is 13.2 Å². The van der Waals surface area contributed by atoms with Gasteiger partial charge in [0, 0.05) is 23.9 Å². The van der Waals surface area contributed by atoms with Crippen LogP contribution in [0.5, 0.6) is 0 Å². The second kappa shape index (κ2) is 7.83. The lowest BCUT2D eigenvalue weighted by atomic mass is 9.94. The highest BCUT2D eigenvalue weighted by atomic mass is 35.5. The second-order valence-electron chi connectivity index (χ2n) is 5.88. The molecule has 128 valence electrons. The Hall–Kier alpha value is -1.82. The Morgan fingerprint density at radius 3 is 2.79 bits per heavy atom. The van der Waals surface area contributed by atoms with Crippen LogP contribution in [0.3, 0.4) is 0 Å². The number of rotatable bonds is 5. The van der Waals surface area contributed by atoms with Gasteiger partial charge in [0.1, 0.15) is 0 Å². The predicted molar refractivity (Wildman–Crippen MR) is 92.7 cm³/mol. The Bertz CT molecular complexity index is 713. The molecular weight excluding hydrogens is 330 g/mol. The monoisotopic (exact) mass is 349 g/mol. The highest BCUT2D eigenvalue weighted by Gasteiger charge is 2.24. The summed E-state index contributed by atoms with van der Waals surface area (Å²) in [7, 11) is 0. The summed E-state index contributed by atoms with van der Waals surface area (Å²) in [4.78, 5) is 10.4. The number of carboxylic acid groups (broad SMARTS) is 1. The van der Waals surface area contributed by atoms with Crippen LogP contribution >= 0.6 is 11.6 Å². The molecule has 1 fully saturated rings. The van der Waals surface area contributed by atoms with E-state index >= 15 is 0 Å². The van der Waals surface area contributed by atoms with Gasteiger partial charge in [-0.15, -0.1) is 0 Å². The van der Waals surface area contributed by atoms with Crippen LogP contribution in [0.1, 0.15) is 24.3 Å². The summed E-state index contributed by atoms with van der Waals surface area (Å²) in [5.74, 6) is 0.184. The van der Waals surface area contributed by atoms with E-state index in [1.807, 2.05) is 30.3 Å². The van der Waals surface area contributed by atoms with Gasteiger partial charge >= 0.3 is 6.09 Å². The van der Waals surface area contributed by atoms with Gasteiger partial charge < -0.3 is 19.9 Å². The van der Waals surface area contributed by atoms with E-state index in [0.29, 0.717) is 32.6 Å². The van der Waals surface area contributed by atoms with Crippen LogP contribution < -0.4 is 5.32 Å². The van der Waals surface area contributed by atoms with Crippen LogP contribution in [0.4, 0.5) is 4.79 Å². The van der Waals surface area contributed by atoms with Gasteiger partial charge in [-0.25, -0.2) is 4.79 Å². The summed E-state index contributed by atoms with van der Waals surface area (Å²) in [5.41, 5.74) is 1.20. The Morgan fingerprint density at radius 2 is 2.04 bits per heavy atom. The van der Waals surface area contributed by atoms with E-state index in [1.54, 1.807) is 0 Å². The minimum atomic E-state index is -1.00. The van der Waals surface area contributed by atoms with Crippen molar-refractivity contribution in [1.29, 1.82) is 0 Å². The van der Waals surface area contributed by atoms with Crippen LogP contribution in [-0.4, -0.2) is 37.2 Å². The standard InChI is InChI=1S/C18H20ClNO4/c19-14-6-7-16-12(9-14)3-1-4-15(16)13-10-23-17(24-11-13)5-2-8-20-18(21)22/h1,3-4,6-7,9,13,17,20H,2,5,8,10-11H2,(H,21,22). The molecule has 3 rings (SSSR count). The molecule has 1 aliphatic rings. The molecule has 6 heteroatoms. The quantitative estimate of drug-likeness (QED) is 0.801. The number of ether oxygens (including phenoxy) is 2. The molecule has 0 spiro atoms. The van der Waals surface area contributed by atoms with Gasteiger partial charge in [0.25, 0.3) is 0 Å². The van der Waals surface area contributed by atoms with Gasteiger partial charge in [-0.1, -0.05) is 35.9 Å². The smallest absolute Gasteiger partial charge is 0.404 e. The molecule has 0 radical (unpaired) electrons. The fourth-order valence-corrected chi connectivity index (χ4v) is 3.17. The van der Waals surface area contributed by atoms with E-state index < -0.39 is 6.09 Å². The van der Waals surface area contributed by atoms with Crippen molar-refractivity contribution in [1.82, 2.24) is 5.32 Å². The summed E-state index contributed by atoms with van der Waals surface area (Å²) < 4.78 is 11.6. The molecule has 1 heterocycles. The van der Waals surface area contributed by atoms with Crippen LogP contribution in [0.15, 0.2) is 36.4 Å². The summed E-state index contributed by atoms with van der Waals surface area (Å²) >= 11 is 6.06. The van der Waals surface area contributed by atoms with Crippen molar-refractivity contribution < 1.29 is 19.4 Å². The van der Waals surface area contributed by atoms with Crippen molar-refractivity contribution in [3.05, 3.63) is 47.0 Å². The van der Waals surface area contributed by atoms with Crippen LogP contribution in [0.2, 0.25) is 5.02 Å². The zero-order valence-corrected chi connectivity index (χ0v) is 14.0. The molecule has 5 nitrogen and oxygen atoms in total. The molecule has 24 heavy (non-hydrogen) atoms. The summed E-state index contributed by atoms with van der Waals surface area (Å²) in [5, 5.41) is 13.9. The van der Waals surface area contributed by atoms with Crippen molar-refractivity contribution in [2.45, 2.75) is 25.0 Å². The Labute approximate surface area is 145 Å². The Balaban J connectivity index is 1.58. The number of hydrogen-bond acceptors (Lipinski definition) is 3. The first-order valence-corrected chi connectivity index (χ1v) is 8.39. The van der Waals surface area contributed by atoms with E-state index in [-0.39, 0.29) is 12.2 Å². The Kier molecular flexibility index (Phi) is 5.56. The molecule has 2 aromatic carbocycles. The van der Waals surface area contributed by atoms with E-state index in [9.17, 15) is 4.79 Å². The first kappa shape index (κ1) is 17.0. The lowest BCUT2D eigenvalue weighted by Gasteiger charge is -2.30. The normalized spacial score (nSPS) is 20.9. The molecule has 2 N–H and O–H groups in total. The maximum absolute atomic E-state index is 10.4. The van der Waals surface area contributed by atoms with Gasteiger partial charge in [0.2, 0.25) is 0 Å². The molecule has 0 atom stereocenters. The molecule has 0 aliphatic carbocycles. The number of amides is 1. The SMILES string of the molecule is O=C(O)NCCCC1OCC(c2cccc3cc(Cl)ccc23)CO1.